The van der Waals surface area contributed by atoms with Gasteiger partial charge >= 0.3 is 0 Å². The first-order valence-electron chi connectivity index (χ1n) is 4.28. The van der Waals surface area contributed by atoms with Crippen molar-refractivity contribution in [3.8, 4) is 0 Å². The summed E-state index contributed by atoms with van der Waals surface area (Å²) in [5, 5.41) is 18.0. The minimum Gasteiger partial charge on any atom is -0.414 e. The van der Waals surface area contributed by atoms with Gasteiger partial charge in [-0.1, -0.05) is 18.6 Å². The molecule has 1 atom stereocenters. The summed E-state index contributed by atoms with van der Waals surface area (Å²) in [4.78, 5) is 0. The molecule has 0 saturated carbocycles. The van der Waals surface area contributed by atoms with Crippen LogP contribution in [0.1, 0.15) is 12.8 Å². The van der Waals surface area contributed by atoms with Crippen molar-refractivity contribution in [3.05, 3.63) is 12.2 Å². The number of rotatable bonds is 3. The predicted molar refractivity (Wildman–Crippen MR) is 48.0 cm³/mol. The lowest BCUT2D eigenvalue weighted by Gasteiger charge is -2.22. The summed E-state index contributed by atoms with van der Waals surface area (Å²) < 4.78 is 5.46. The zero-order valence-electron chi connectivity index (χ0n) is 7.07. The van der Waals surface area contributed by atoms with Crippen LogP contribution >= 0.6 is 0 Å². The van der Waals surface area contributed by atoms with E-state index >= 15 is 0 Å². The second-order valence-corrected chi connectivity index (χ2v) is 5.14. The average molecular weight is 187 g/mol. The highest BCUT2D eigenvalue weighted by Crippen LogP contribution is 2.13. The average Bonchev–Trinajstić information content (AvgIpc) is 2.15. The Balaban J connectivity index is 2.29. The van der Waals surface area contributed by atoms with Gasteiger partial charge in [0.05, 0.1) is 12.3 Å². The fraction of sp³-hybridized carbons (Fsp3) is 0.750. The third-order valence-corrected chi connectivity index (χ3v) is 4.13. The fourth-order valence-electron chi connectivity index (χ4n) is 1.21. The lowest BCUT2D eigenvalue weighted by Crippen LogP contribution is -2.35. The zero-order valence-corrected chi connectivity index (χ0v) is 8.07. The van der Waals surface area contributed by atoms with Crippen molar-refractivity contribution in [2.75, 3.05) is 13.2 Å². The summed E-state index contributed by atoms with van der Waals surface area (Å²) in [6.07, 6.45) is 5.49. The van der Waals surface area contributed by atoms with Crippen LogP contribution in [-0.2, 0) is 4.43 Å². The first-order chi connectivity index (χ1) is 5.84. The molecule has 0 aliphatic carbocycles. The van der Waals surface area contributed by atoms with Gasteiger partial charge in [-0.15, -0.1) is 0 Å². The Hall–Kier alpha value is -0.163. The van der Waals surface area contributed by atoms with Crippen LogP contribution < -0.4 is 0 Å². The van der Waals surface area contributed by atoms with Crippen LogP contribution in [0.25, 0.3) is 0 Å². The molecule has 0 bridgehead atoms. The van der Waals surface area contributed by atoms with Crippen LogP contribution in [0.5, 0.6) is 0 Å². The Bertz CT molecular complexity index is 143. The highest BCUT2D eigenvalue weighted by Gasteiger charge is 2.23. The molecule has 1 fully saturated rings. The number of aliphatic hydroxyl groups excluding tert-OH is 2. The predicted octanol–water partition coefficient (Wildman–Crippen LogP) is 0.237. The maximum absolute atomic E-state index is 9.53. The molecule has 0 amide bonds. The van der Waals surface area contributed by atoms with Crippen molar-refractivity contribution in [1.82, 2.24) is 0 Å². The first-order valence-corrected chi connectivity index (χ1v) is 5.98. The smallest absolute Gasteiger partial charge is 0.245 e. The molecule has 4 heteroatoms. The summed E-state index contributed by atoms with van der Waals surface area (Å²) >= 11 is 0. The van der Waals surface area contributed by atoms with Gasteiger partial charge in [-0.3, -0.25) is 0 Å². The molecule has 0 aromatic carbocycles. The van der Waals surface area contributed by atoms with Crippen molar-refractivity contribution in [2.45, 2.75) is 24.6 Å². The van der Waals surface area contributed by atoms with Gasteiger partial charge in [0.15, 0.2) is 0 Å². The number of hydrogen-bond donors (Lipinski definition) is 2. The Labute approximate surface area is 74.4 Å². The van der Waals surface area contributed by atoms with E-state index in [2.05, 4.69) is 0 Å². The first kappa shape index (κ1) is 9.92. The van der Waals surface area contributed by atoms with Crippen LogP contribution in [0.3, 0.4) is 0 Å². The topological polar surface area (TPSA) is 49.7 Å². The van der Waals surface area contributed by atoms with E-state index in [9.17, 15) is 5.11 Å². The molecule has 1 radical (unpaired) electrons. The van der Waals surface area contributed by atoms with Crippen LogP contribution in [-0.4, -0.2) is 38.2 Å². The van der Waals surface area contributed by atoms with E-state index in [4.69, 9.17) is 9.53 Å². The van der Waals surface area contributed by atoms with Gasteiger partial charge in [-0.25, -0.2) is 0 Å². The molecule has 1 aliphatic heterocycles. The zero-order chi connectivity index (χ0) is 8.81. The Morgan fingerprint density at radius 1 is 1.50 bits per heavy atom. The molecule has 1 saturated heterocycles. The van der Waals surface area contributed by atoms with Crippen molar-refractivity contribution in [3.63, 3.8) is 0 Å². The molecule has 0 spiro atoms. The molecule has 0 aromatic heterocycles. The number of hydrogen-bond acceptors (Lipinski definition) is 3. The van der Waals surface area contributed by atoms with Crippen molar-refractivity contribution in [1.29, 1.82) is 0 Å². The van der Waals surface area contributed by atoms with Gasteiger partial charge < -0.3 is 14.6 Å². The largest absolute Gasteiger partial charge is 0.414 e. The van der Waals surface area contributed by atoms with E-state index in [1.54, 1.807) is 12.2 Å². The van der Waals surface area contributed by atoms with Crippen LogP contribution in [0.15, 0.2) is 12.2 Å². The van der Waals surface area contributed by atoms with Gasteiger partial charge in [0.1, 0.15) is 0 Å². The van der Waals surface area contributed by atoms with Crippen LogP contribution in [0, 0.1) is 0 Å². The van der Waals surface area contributed by atoms with Crippen molar-refractivity contribution in [2.24, 2.45) is 0 Å². The van der Waals surface area contributed by atoms with Gasteiger partial charge in [-0.05, 0) is 12.5 Å². The highest BCUT2D eigenvalue weighted by atomic mass is 28.3. The lowest BCUT2D eigenvalue weighted by atomic mass is 10.4. The van der Waals surface area contributed by atoms with Crippen molar-refractivity contribution >= 4 is 9.04 Å². The summed E-state index contributed by atoms with van der Waals surface area (Å²) in [5.41, 5.74) is -0.456. The molecule has 1 rings (SSSR count). The maximum atomic E-state index is 9.53. The lowest BCUT2D eigenvalue weighted by molar-refractivity contribution is 0.218. The molecule has 12 heavy (non-hydrogen) atoms. The second kappa shape index (κ2) is 5.48. The summed E-state index contributed by atoms with van der Waals surface area (Å²) in [6.45, 7) is 0.782. The molecule has 1 unspecified atom stereocenters. The SMILES string of the molecule is OC/C=C/C(O)[Si]1CCCCO1. The normalized spacial score (nSPS) is 23.2. The van der Waals surface area contributed by atoms with Gasteiger partial charge in [0.25, 0.3) is 0 Å². The van der Waals surface area contributed by atoms with Gasteiger partial charge in [0.2, 0.25) is 9.04 Å². The van der Waals surface area contributed by atoms with Gasteiger partial charge in [-0.2, -0.15) is 0 Å². The molecule has 3 nitrogen and oxygen atoms in total. The molecular weight excluding hydrogens is 172 g/mol. The van der Waals surface area contributed by atoms with Gasteiger partial charge in [0, 0.05) is 6.61 Å². The van der Waals surface area contributed by atoms with E-state index in [-0.39, 0.29) is 6.61 Å². The third kappa shape index (κ3) is 3.06. The maximum Gasteiger partial charge on any atom is 0.245 e. The minimum absolute atomic E-state index is 0.00773. The molecule has 69 valence electrons. The summed E-state index contributed by atoms with van der Waals surface area (Å²) in [5.74, 6) is 0. The summed E-state index contributed by atoms with van der Waals surface area (Å²) in [6, 6.07) is 1.02. The molecule has 2 N–H and O–H groups in total. The van der Waals surface area contributed by atoms with E-state index in [1.165, 1.54) is 6.42 Å². The molecule has 0 aromatic rings. The second-order valence-electron chi connectivity index (χ2n) is 2.83. The minimum atomic E-state index is -1.04. The van der Waals surface area contributed by atoms with Crippen LogP contribution in [0.4, 0.5) is 0 Å². The van der Waals surface area contributed by atoms with E-state index < -0.39 is 14.8 Å². The Morgan fingerprint density at radius 2 is 2.33 bits per heavy atom. The highest BCUT2D eigenvalue weighted by molar-refractivity contribution is 6.54. The Morgan fingerprint density at radius 3 is 2.92 bits per heavy atom. The van der Waals surface area contributed by atoms with E-state index in [0.717, 1.165) is 19.1 Å². The van der Waals surface area contributed by atoms with Crippen LogP contribution in [0.2, 0.25) is 6.04 Å². The third-order valence-electron chi connectivity index (χ3n) is 1.86. The Kier molecular flexibility index (Phi) is 4.53. The van der Waals surface area contributed by atoms with Crippen molar-refractivity contribution < 1.29 is 14.6 Å². The molecule has 1 aliphatic rings. The number of aliphatic hydroxyl groups is 2. The van der Waals surface area contributed by atoms with E-state index in [0.29, 0.717) is 0 Å². The molecular formula is C8H15O3Si. The summed E-state index contributed by atoms with van der Waals surface area (Å²) in [7, 11) is -1.04. The fourth-order valence-corrected chi connectivity index (χ4v) is 3.17. The molecule has 1 heterocycles. The quantitative estimate of drug-likeness (QED) is 0.491. The standard InChI is InChI=1S/C8H15O3Si/c9-5-3-4-8(10)12-7-2-1-6-11-12/h3-4,8-10H,1-2,5-7H2/b4-3+. The monoisotopic (exact) mass is 187 g/mol. The van der Waals surface area contributed by atoms with E-state index in [1.807, 2.05) is 0 Å².